The van der Waals surface area contributed by atoms with Crippen molar-refractivity contribution >= 4 is 18.3 Å². The number of amides is 1. The molecule has 2 atom stereocenters. The van der Waals surface area contributed by atoms with E-state index in [1.807, 2.05) is 6.92 Å². The van der Waals surface area contributed by atoms with E-state index < -0.39 is 0 Å². The molecule has 2 fully saturated rings. The third-order valence-electron chi connectivity index (χ3n) is 4.94. The third kappa shape index (κ3) is 3.27. The van der Waals surface area contributed by atoms with Gasteiger partial charge in [0, 0.05) is 25.9 Å². The fourth-order valence-electron chi connectivity index (χ4n) is 3.69. The molecule has 0 spiro atoms. The lowest BCUT2D eigenvalue weighted by molar-refractivity contribution is -0.133. The number of fused-ring (bicyclic) bond motifs is 1. The molecule has 1 amide bonds. The minimum atomic E-state index is -0.177. The Morgan fingerprint density at radius 3 is 3.14 bits per heavy atom. The fourth-order valence-corrected chi connectivity index (χ4v) is 3.69. The first-order valence-electron chi connectivity index (χ1n) is 8.05. The summed E-state index contributed by atoms with van der Waals surface area (Å²) in [7, 11) is 0. The van der Waals surface area contributed by atoms with Crippen LogP contribution in [0.4, 0.5) is 0 Å². The molecule has 3 rings (SSSR count). The van der Waals surface area contributed by atoms with Crippen LogP contribution in [-0.2, 0) is 17.6 Å². The number of rotatable bonds is 5. The van der Waals surface area contributed by atoms with Crippen molar-refractivity contribution in [1.29, 1.82) is 0 Å². The Bertz CT molecular complexity index is 507. The molecule has 1 aliphatic carbocycles. The van der Waals surface area contributed by atoms with Crippen molar-refractivity contribution in [3.05, 3.63) is 11.7 Å². The molecule has 0 aromatic carbocycles. The average Bonchev–Trinajstić information content (AvgIpc) is 3.14. The summed E-state index contributed by atoms with van der Waals surface area (Å²) < 4.78 is 5.07. The first kappa shape index (κ1) is 17.2. The minimum absolute atomic E-state index is 0. The lowest BCUT2D eigenvalue weighted by Crippen LogP contribution is -2.48. The molecule has 1 aromatic rings. The van der Waals surface area contributed by atoms with Crippen LogP contribution in [0.15, 0.2) is 4.52 Å². The number of aryl methyl sites for hydroxylation is 1. The summed E-state index contributed by atoms with van der Waals surface area (Å²) in [6.45, 7) is 4.37. The van der Waals surface area contributed by atoms with Gasteiger partial charge in [-0.15, -0.1) is 12.4 Å². The molecule has 0 radical (unpaired) electrons. The van der Waals surface area contributed by atoms with Gasteiger partial charge in [-0.2, -0.15) is 4.98 Å². The van der Waals surface area contributed by atoms with Gasteiger partial charge in [0.05, 0.1) is 5.41 Å². The van der Waals surface area contributed by atoms with Crippen molar-refractivity contribution in [3.63, 3.8) is 0 Å². The molecule has 1 saturated heterocycles. The molecule has 6 nitrogen and oxygen atoms in total. The number of hydrogen-bond acceptors (Lipinski definition) is 5. The van der Waals surface area contributed by atoms with Gasteiger partial charge in [0.25, 0.3) is 0 Å². The van der Waals surface area contributed by atoms with E-state index in [0.717, 1.165) is 32.4 Å². The van der Waals surface area contributed by atoms with Crippen molar-refractivity contribution < 1.29 is 9.32 Å². The molecule has 0 bridgehead atoms. The monoisotopic (exact) mass is 328 g/mol. The van der Waals surface area contributed by atoms with Crippen LogP contribution in [0.25, 0.3) is 0 Å². The van der Waals surface area contributed by atoms with Crippen LogP contribution < -0.4 is 10.6 Å². The van der Waals surface area contributed by atoms with Gasteiger partial charge in [0.15, 0.2) is 5.82 Å². The van der Waals surface area contributed by atoms with Crippen molar-refractivity contribution in [1.82, 2.24) is 20.8 Å². The summed E-state index contributed by atoms with van der Waals surface area (Å²) >= 11 is 0. The topological polar surface area (TPSA) is 80.0 Å². The van der Waals surface area contributed by atoms with Crippen LogP contribution in [0.2, 0.25) is 0 Å². The third-order valence-corrected chi connectivity index (χ3v) is 4.94. The Kier molecular flexibility index (Phi) is 5.81. The van der Waals surface area contributed by atoms with Gasteiger partial charge in [-0.25, -0.2) is 0 Å². The Morgan fingerprint density at radius 2 is 2.36 bits per heavy atom. The van der Waals surface area contributed by atoms with Crippen LogP contribution in [0.1, 0.15) is 44.3 Å². The predicted molar refractivity (Wildman–Crippen MR) is 84.9 cm³/mol. The number of nitrogens with one attached hydrogen (secondary N) is 2. The second-order valence-corrected chi connectivity index (χ2v) is 6.19. The first-order valence-corrected chi connectivity index (χ1v) is 8.05. The maximum absolute atomic E-state index is 12.6. The minimum Gasteiger partial charge on any atom is -0.355 e. The van der Waals surface area contributed by atoms with Crippen LogP contribution >= 0.6 is 12.4 Å². The normalized spacial score (nSPS) is 27.0. The highest BCUT2D eigenvalue weighted by atomic mass is 35.5. The zero-order valence-corrected chi connectivity index (χ0v) is 13.9. The molecular formula is C15H25ClN4O2. The highest BCUT2D eigenvalue weighted by Crippen LogP contribution is 2.43. The molecule has 1 saturated carbocycles. The highest BCUT2D eigenvalue weighted by Gasteiger charge is 2.49. The van der Waals surface area contributed by atoms with Crippen LogP contribution in [-0.4, -0.2) is 35.7 Å². The Morgan fingerprint density at radius 1 is 1.50 bits per heavy atom. The molecule has 2 aliphatic rings. The molecule has 1 aliphatic heterocycles. The summed E-state index contributed by atoms with van der Waals surface area (Å²) in [5, 5.41) is 10.4. The van der Waals surface area contributed by atoms with Gasteiger partial charge in [-0.1, -0.05) is 24.9 Å². The van der Waals surface area contributed by atoms with E-state index in [2.05, 4.69) is 20.8 Å². The number of halogens is 1. The zero-order chi connectivity index (χ0) is 14.7. The molecule has 0 unspecified atom stereocenters. The molecule has 2 heterocycles. The Labute approximate surface area is 137 Å². The SMILES string of the molecule is CCc1nc(CCNC(=O)[C@@]23CCCC[C@H]2CNC3)no1.Cl. The van der Waals surface area contributed by atoms with E-state index in [4.69, 9.17) is 4.52 Å². The summed E-state index contributed by atoms with van der Waals surface area (Å²) in [6, 6.07) is 0. The second-order valence-electron chi connectivity index (χ2n) is 6.19. The lowest BCUT2D eigenvalue weighted by Gasteiger charge is -2.37. The number of aromatic nitrogens is 2. The Balaban J connectivity index is 0.00000176. The van der Waals surface area contributed by atoms with Gasteiger partial charge in [-0.05, 0) is 25.3 Å². The molecule has 1 aromatic heterocycles. The van der Waals surface area contributed by atoms with E-state index in [0.29, 0.717) is 30.6 Å². The Hall–Kier alpha value is -1.14. The van der Waals surface area contributed by atoms with Gasteiger partial charge < -0.3 is 15.2 Å². The average molecular weight is 329 g/mol. The molecule has 124 valence electrons. The molecule has 22 heavy (non-hydrogen) atoms. The lowest BCUT2D eigenvalue weighted by atomic mass is 9.67. The van der Waals surface area contributed by atoms with Crippen molar-refractivity contribution in [2.75, 3.05) is 19.6 Å². The second kappa shape index (κ2) is 7.42. The van der Waals surface area contributed by atoms with Gasteiger partial charge in [0.1, 0.15) is 0 Å². The maximum atomic E-state index is 12.6. The first-order chi connectivity index (χ1) is 10.2. The maximum Gasteiger partial charge on any atom is 0.227 e. The van der Waals surface area contributed by atoms with Crippen LogP contribution in [0.3, 0.4) is 0 Å². The number of nitrogens with zero attached hydrogens (tertiary/aromatic N) is 2. The predicted octanol–water partition coefficient (Wildman–Crippen LogP) is 1.49. The number of carbonyl (C=O) groups excluding carboxylic acids is 1. The van der Waals surface area contributed by atoms with Gasteiger partial charge >= 0.3 is 0 Å². The van der Waals surface area contributed by atoms with Crippen LogP contribution in [0.5, 0.6) is 0 Å². The number of carbonyl (C=O) groups is 1. The van der Waals surface area contributed by atoms with E-state index in [1.165, 1.54) is 12.8 Å². The fraction of sp³-hybridized carbons (Fsp3) is 0.800. The van der Waals surface area contributed by atoms with E-state index >= 15 is 0 Å². The summed E-state index contributed by atoms with van der Waals surface area (Å²) in [6.07, 6.45) is 5.98. The van der Waals surface area contributed by atoms with Crippen molar-refractivity contribution in [3.8, 4) is 0 Å². The molecule has 2 N–H and O–H groups in total. The highest BCUT2D eigenvalue weighted by molar-refractivity contribution is 5.85. The smallest absolute Gasteiger partial charge is 0.227 e. The van der Waals surface area contributed by atoms with Gasteiger partial charge in [0.2, 0.25) is 11.8 Å². The molecule has 7 heteroatoms. The summed E-state index contributed by atoms with van der Waals surface area (Å²) in [4.78, 5) is 16.9. The van der Waals surface area contributed by atoms with E-state index in [-0.39, 0.29) is 23.7 Å². The van der Waals surface area contributed by atoms with Crippen molar-refractivity contribution in [2.24, 2.45) is 11.3 Å². The van der Waals surface area contributed by atoms with Crippen molar-refractivity contribution in [2.45, 2.75) is 45.4 Å². The number of hydrogen-bond donors (Lipinski definition) is 2. The standard InChI is InChI=1S/C15H24N4O2.ClH/c1-2-13-18-12(19-21-13)6-8-17-14(20)15-7-4-3-5-11(15)9-16-10-15;/h11,16H,2-10H2,1H3,(H,17,20);1H/t11-,15+;/m0./s1. The van der Waals surface area contributed by atoms with Crippen LogP contribution in [0, 0.1) is 11.3 Å². The zero-order valence-electron chi connectivity index (χ0n) is 13.1. The largest absolute Gasteiger partial charge is 0.355 e. The quantitative estimate of drug-likeness (QED) is 0.856. The van der Waals surface area contributed by atoms with Gasteiger partial charge in [-0.3, -0.25) is 4.79 Å². The summed E-state index contributed by atoms with van der Waals surface area (Å²) in [5.41, 5.74) is -0.177. The van der Waals surface area contributed by atoms with E-state index in [1.54, 1.807) is 0 Å². The summed E-state index contributed by atoms with van der Waals surface area (Å²) in [5.74, 6) is 2.04. The van der Waals surface area contributed by atoms with E-state index in [9.17, 15) is 4.79 Å². The molecular weight excluding hydrogens is 304 g/mol.